The van der Waals surface area contributed by atoms with Crippen molar-refractivity contribution in [3.63, 3.8) is 0 Å². The smallest absolute Gasteiger partial charge is 0.410 e. The van der Waals surface area contributed by atoms with Gasteiger partial charge in [-0.05, 0) is 153 Å². The molecule has 4 N–H and O–H groups in total. The number of carbonyl (C=O) groups excluding carboxylic acids is 4. The number of halogens is 1. The Hall–Kier alpha value is -8.22. The molecular weight excluding hydrogens is 1180 g/mol. The van der Waals surface area contributed by atoms with Gasteiger partial charge in [0.15, 0.2) is 34.4 Å². The molecule has 2 amide bonds. The van der Waals surface area contributed by atoms with E-state index in [0.29, 0.717) is 126 Å². The Morgan fingerprint density at radius 1 is 0.659 bits per heavy atom. The highest BCUT2D eigenvalue weighted by Gasteiger charge is 2.39. The Bertz CT molecular complexity index is 3450. The molecule has 2 unspecified atom stereocenters. The molecule has 6 aromatic rings. The molecule has 5 heterocycles. The number of nitrogens with two attached hydrogens (primary N) is 1. The fraction of sp³-hybridized carbons (Fsp3) is 0.460. The van der Waals surface area contributed by atoms with Crippen LogP contribution in [0.4, 0.5) is 9.59 Å². The van der Waals surface area contributed by atoms with E-state index in [1.807, 2.05) is 120 Å². The summed E-state index contributed by atoms with van der Waals surface area (Å²) in [6, 6.07) is 29.6. The Kier molecular flexibility index (Phi) is 22.7. The molecule has 88 heavy (non-hydrogen) atoms. The van der Waals surface area contributed by atoms with Crippen LogP contribution in [0.3, 0.4) is 0 Å². The number of fused-ring (bicyclic) bond motifs is 1. The summed E-state index contributed by atoms with van der Waals surface area (Å²) in [7, 11) is 7.08. The maximum absolute atomic E-state index is 13.1. The van der Waals surface area contributed by atoms with Gasteiger partial charge in [-0.3, -0.25) is 0 Å². The summed E-state index contributed by atoms with van der Waals surface area (Å²) in [6.45, 7) is 14.0. The number of nitrogens with one attached hydrogen (secondary N) is 1. The number of aliphatic hydroxyl groups excluding tert-OH is 1. The summed E-state index contributed by atoms with van der Waals surface area (Å²) in [5, 5.41) is 9.97. The third-order valence-corrected chi connectivity index (χ3v) is 14.8. The number of carbonyl (C=O) groups is 4. The number of ether oxygens (including phenoxy) is 8. The number of amides is 2. The van der Waals surface area contributed by atoms with Crippen molar-refractivity contribution >= 4 is 43.9 Å². The van der Waals surface area contributed by atoms with Crippen molar-refractivity contribution in [3.8, 4) is 57.0 Å². The molecule has 0 bridgehead atoms. The van der Waals surface area contributed by atoms with Gasteiger partial charge in [-0.25, -0.2) is 46.9 Å². The van der Waals surface area contributed by atoms with Gasteiger partial charge in [0.05, 0.1) is 34.7 Å². The van der Waals surface area contributed by atoms with Crippen LogP contribution in [0.5, 0.6) is 34.5 Å². The lowest BCUT2D eigenvalue weighted by atomic mass is 9.81. The fourth-order valence-corrected chi connectivity index (χ4v) is 10.8. The first-order chi connectivity index (χ1) is 41.7. The monoisotopic (exact) mass is 1260 g/mol. The van der Waals surface area contributed by atoms with Crippen molar-refractivity contribution in [1.29, 1.82) is 0 Å². The molecule has 0 aliphatic carbocycles. The number of benzene rings is 4. The number of aromatic nitrogens is 4. The van der Waals surface area contributed by atoms with Gasteiger partial charge in [0.1, 0.15) is 45.7 Å². The molecule has 0 spiro atoms. The lowest BCUT2D eigenvalue weighted by molar-refractivity contribution is 0.0159. The van der Waals surface area contributed by atoms with Crippen molar-refractivity contribution in [2.75, 3.05) is 85.3 Å². The zero-order chi connectivity index (χ0) is 64.1. The van der Waals surface area contributed by atoms with Crippen LogP contribution in [0.2, 0.25) is 0 Å². The van der Waals surface area contributed by atoms with E-state index in [1.165, 1.54) is 26.0 Å². The van der Waals surface area contributed by atoms with Crippen molar-refractivity contribution in [3.05, 3.63) is 120 Å². The van der Waals surface area contributed by atoms with E-state index in [4.69, 9.17) is 53.7 Å². The number of piperidine rings is 2. The molecule has 9 rings (SSSR count). The molecule has 2 atom stereocenters. The topological polar surface area (TPSA) is 277 Å². The van der Waals surface area contributed by atoms with Crippen LogP contribution in [0.25, 0.3) is 22.5 Å². The van der Waals surface area contributed by atoms with Crippen LogP contribution in [-0.2, 0) is 28.0 Å². The normalized spacial score (nSPS) is 15.8. The average Bonchev–Trinajstić information content (AvgIpc) is 4.29. The molecule has 3 aliphatic heterocycles. The molecule has 23 nitrogen and oxygen atoms in total. The van der Waals surface area contributed by atoms with Crippen LogP contribution in [0.15, 0.2) is 97.1 Å². The zero-order valence-corrected chi connectivity index (χ0v) is 53.3. The second kappa shape index (κ2) is 29.7. The number of hydrogen-bond donors (Lipinski definition) is 3. The summed E-state index contributed by atoms with van der Waals surface area (Å²) >= 11 is 0. The van der Waals surface area contributed by atoms with Gasteiger partial charge in [0.25, 0.3) is 0 Å². The number of esters is 2. The van der Waals surface area contributed by atoms with E-state index >= 15 is 0 Å². The molecule has 4 aromatic carbocycles. The second-order valence-electron chi connectivity index (χ2n) is 23.3. The van der Waals surface area contributed by atoms with Gasteiger partial charge >= 0.3 is 24.1 Å². The number of imidazole rings is 2. The maximum atomic E-state index is 13.1. The first kappa shape index (κ1) is 67.3. The standard InChI is InChI=1S/C31H40N4O7.C31H38N4O6.CH3ClO2S/c1-31(2,3)42-30(38)34-16-13-20(14-17-34)23(15-18-36)28-33-26(27(35(28)32)29(37)40-5)21-11-12-24(25(19-21)39-4)41-22-9-7-6-8-10-22;1-31(2,3)41-30(37)34-17-14-20(15-18-34)23-13-16-32-35-27(29(36)39-5)26(33-28(23)35)21-11-12-24(25(19-21)38-4)40-22-9-7-6-8-10-22;1-5(2,3)4/h6-12,19-20,23,36H,13-18,32H2,1-5H3;6-12,19-20,23,32H,13-18H2,1-5H3;1H3. The summed E-state index contributed by atoms with van der Waals surface area (Å²) in [4.78, 5) is 64.6. The van der Waals surface area contributed by atoms with Gasteiger partial charge in [-0.2, -0.15) is 0 Å². The van der Waals surface area contributed by atoms with Crippen LogP contribution in [-0.4, -0.2) is 152 Å². The van der Waals surface area contributed by atoms with Gasteiger partial charge < -0.3 is 64.1 Å². The molecular formula is C63H81ClN8O15S. The van der Waals surface area contributed by atoms with E-state index in [9.17, 15) is 32.7 Å². The highest BCUT2D eigenvalue weighted by molar-refractivity contribution is 8.13. The van der Waals surface area contributed by atoms with E-state index in [-0.39, 0.29) is 42.2 Å². The fourth-order valence-electron chi connectivity index (χ4n) is 10.8. The Morgan fingerprint density at radius 2 is 1.10 bits per heavy atom. The predicted molar refractivity (Wildman–Crippen MR) is 332 cm³/mol. The number of para-hydroxylation sites is 2. The minimum atomic E-state index is -3.19. The summed E-state index contributed by atoms with van der Waals surface area (Å²) < 4.78 is 66.5. The van der Waals surface area contributed by atoms with Crippen molar-refractivity contribution in [1.82, 2.24) is 29.1 Å². The molecule has 3 aliphatic rings. The second-order valence-corrected chi connectivity index (χ2v) is 26.3. The molecule has 0 saturated carbocycles. The Labute approximate surface area is 518 Å². The van der Waals surface area contributed by atoms with E-state index in [0.717, 1.165) is 31.3 Å². The van der Waals surface area contributed by atoms with Gasteiger partial charge in [-0.15, -0.1) is 0 Å². The highest BCUT2D eigenvalue weighted by Crippen LogP contribution is 2.43. The zero-order valence-electron chi connectivity index (χ0n) is 51.7. The van der Waals surface area contributed by atoms with Crippen LogP contribution in [0, 0.1) is 11.8 Å². The quantitative estimate of drug-likeness (QED) is 0.0373. The molecule has 2 aromatic heterocycles. The number of aliphatic hydroxyl groups is 1. The van der Waals surface area contributed by atoms with E-state index < -0.39 is 32.2 Å². The van der Waals surface area contributed by atoms with Crippen molar-refractivity contribution in [2.45, 2.75) is 103 Å². The SMILES string of the molecule is COC(=O)c1c(-c2ccc(Oc3ccccc3)c(OC)c2)nc(C(CCO)C2CCN(C(=O)OC(C)(C)C)CC2)n1N.COC(=O)c1c(-c2ccc(Oc3ccccc3)c(OC)c2)nc2n1NCCC2C1CCN(C(=O)OC(C)(C)C)CC1.CS(=O)(=O)Cl. The van der Waals surface area contributed by atoms with Crippen LogP contribution in [0.1, 0.15) is 125 Å². The molecule has 2 saturated heterocycles. The average molecular weight is 1260 g/mol. The number of likely N-dealkylation sites (tertiary alicyclic amines) is 2. The third kappa shape index (κ3) is 17.7. The maximum Gasteiger partial charge on any atom is 0.410 e. The molecule has 476 valence electrons. The first-order valence-electron chi connectivity index (χ1n) is 28.9. The number of nitrogens with zero attached hydrogens (tertiary/aromatic N) is 6. The highest BCUT2D eigenvalue weighted by atomic mass is 35.7. The number of rotatable bonds is 15. The first-order valence-corrected chi connectivity index (χ1v) is 31.7. The Balaban J connectivity index is 0.000000233. The number of hydrogen-bond acceptors (Lipinski definition) is 19. The molecule has 0 radical (unpaired) electrons. The third-order valence-electron chi connectivity index (χ3n) is 14.8. The number of methoxy groups -OCH3 is 4. The van der Waals surface area contributed by atoms with Crippen LogP contribution >= 0.6 is 10.7 Å². The van der Waals surface area contributed by atoms with E-state index in [1.54, 1.807) is 39.8 Å². The van der Waals surface area contributed by atoms with Crippen LogP contribution < -0.4 is 30.2 Å². The lowest BCUT2D eigenvalue weighted by Crippen LogP contribution is -2.43. The summed E-state index contributed by atoms with van der Waals surface area (Å²) in [6.07, 6.45) is 4.57. The molecule has 25 heteroatoms. The van der Waals surface area contributed by atoms with Gasteiger partial charge in [0, 0.05) is 73.0 Å². The molecule has 2 fully saturated rings. The lowest BCUT2D eigenvalue weighted by Gasteiger charge is -2.38. The summed E-state index contributed by atoms with van der Waals surface area (Å²) in [5.74, 6) is 10.3. The minimum Gasteiger partial charge on any atom is -0.493 e. The summed E-state index contributed by atoms with van der Waals surface area (Å²) in [5.41, 5.74) is 4.81. The van der Waals surface area contributed by atoms with Gasteiger partial charge in [-0.1, -0.05) is 36.4 Å². The Morgan fingerprint density at radius 3 is 1.53 bits per heavy atom. The van der Waals surface area contributed by atoms with Crippen molar-refractivity contribution < 1.29 is 70.6 Å². The predicted octanol–water partition coefficient (Wildman–Crippen LogP) is 11.0. The van der Waals surface area contributed by atoms with E-state index in [2.05, 4.69) is 16.1 Å². The van der Waals surface area contributed by atoms with Crippen molar-refractivity contribution in [2.24, 2.45) is 11.8 Å². The number of nitrogen functional groups attached to an aromatic ring is 1. The minimum absolute atomic E-state index is 0.0649. The van der Waals surface area contributed by atoms with Gasteiger partial charge in [0.2, 0.25) is 9.05 Å². The largest absolute Gasteiger partial charge is 0.493 e.